The zero-order valence-corrected chi connectivity index (χ0v) is 19.9. The Hall–Kier alpha value is -2.50. The first-order valence-corrected chi connectivity index (χ1v) is 11.9. The summed E-state index contributed by atoms with van der Waals surface area (Å²) in [6.07, 6.45) is -1.62. The van der Waals surface area contributed by atoms with E-state index >= 15 is 0 Å². The second-order valence-electron chi connectivity index (χ2n) is 9.30. The van der Waals surface area contributed by atoms with Crippen LogP contribution >= 0.6 is 0 Å². The van der Waals surface area contributed by atoms with Gasteiger partial charge in [0, 0.05) is 12.6 Å². The summed E-state index contributed by atoms with van der Waals surface area (Å²) in [5, 5.41) is 0. The fourth-order valence-corrected chi connectivity index (χ4v) is 4.78. The van der Waals surface area contributed by atoms with Crippen molar-refractivity contribution >= 4 is 11.7 Å². The predicted molar refractivity (Wildman–Crippen MR) is 126 cm³/mol. The number of nitrogens with zero attached hydrogens (tertiary/aromatic N) is 1. The normalized spacial score (nSPS) is 17.8. The van der Waals surface area contributed by atoms with Gasteiger partial charge in [0.25, 0.3) is 0 Å². The topological polar surface area (TPSA) is 29.5 Å². The third-order valence-electron chi connectivity index (χ3n) is 6.30. The van der Waals surface area contributed by atoms with E-state index in [4.69, 9.17) is 4.74 Å². The number of carbonyl (C=O) groups is 1. The van der Waals surface area contributed by atoms with Gasteiger partial charge < -0.3 is 9.64 Å². The van der Waals surface area contributed by atoms with E-state index in [-0.39, 0.29) is 36.2 Å². The first kappa shape index (κ1) is 25.1. The Bertz CT molecular complexity index is 940. The summed E-state index contributed by atoms with van der Waals surface area (Å²) in [5.74, 6) is -1.55. The first-order chi connectivity index (χ1) is 15.6. The van der Waals surface area contributed by atoms with Crippen molar-refractivity contribution in [3.05, 3.63) is 53.6 Å². The minimum atomic E-state index is -4.60. The van der Waals surface area contributed by atoms with E-state index in [0.29, 0.717) is 12.1 Å². The largest absolute Gasteiger partial charge is 0.466 e. The number of hydrogen-bond acceptors (Lipinski definition) is 3. The third-order valence-corrected chi connectivity index (χ3v) is 6.30. The van der Waals surface area contributed by atoms with Gasteiger partial charge in [-0.1, -0.05) is 44.2 Å². The number of esters is 1. The van der Waals surface area contributed by atoms with Gasteiger partial charge in [0.05, 0.1) is 23.8 Å². The maximum Gasteiger partial charge on any atom is 0.418 e. The highest BCUT2D eigenvalue weighted by Crippen LogP contribution is 2.46. The van der Waals surface area contributed by atoms with Crippen molar-refractivity contribution in [1.82, 2.24) is 0 Å². The van der Waals surface area contributed by atoms with Crippen LogP contribution in [0.25, 0.3) is 11.1 Å². The van der Waals surface area contributed by atoms with Crippen molar-refractivity contribution in [3.63, 3.8) is 0 Å². The Labute approximate surface area is 194 Å². The van der Waals surface area contributed by atoms with E-state index in [2.05, 4.69) is 0 Å². The second-order valence-corrected chi connectivity index (χ2v) is 9.30. The molecule has 1 aliphatic rings. The molecule has 0 bridgehead atoms. The molecule has 0 aromatic heterocycles. The third kappa shape index (κ3) is 5.90. The molecule has 1 saturated heterocycles. The lowest BCUT2D eigenvalue weighted by Crippen LogP contribution is -2.39. The van der Waals surface area contributed by atoms with Crippen LogP contribution < -0.4 is 4.90 Å². The Morgan fingerprint density at radius 2 is 1.82 bits per heavy atom. The summed E-state index contributed by atoms with van der Waals surface area (Å²) >= 11 is 0. The Morgan fingerprint density at radius 1 is 1.12 bits per heavy atom. The lowest BCUT2D eigenvalue weighted by Gasteiger charge is -2.38. The van der Waals surface area contributed by atoms with Gasteiger partial charge in [0.1, 0.15) is 0 Å². The fraction of sp³-hybridized carbons (Fsp3) is 0.519. The van der Waals surface area contributed by atoms with Gasteiger partial charge in [0.15, 0.2) is 0 Å². The molecule has 0 aliphatic carbocycles. The molecule has 2 aromatic carbocycles. The molecule has 0 N–H and O–H groups in total. The van der Waals surface area contributed by atoms with Crippen LogP contribution in [0.3, 0.4) is 0 Å². The van der Waals surface area contributed by atoms with Crippen molar-refractivity contribution in [2.75, 3.05) is 18.1 Å². The van der Waals surface area contributed by atoms with Crippen LogP contribution in [0.5, 0.6) is 0 Å². The van der Waals surface area contributed by atoms with Crippen molar-refractivity contribution in [2.24, 2.45) is 5.92 Å². The van der Waals surface area contributed by atoms with Gasteiger partial charge >= 0.3 is 12.1 Å². The molecule has 2 atom stereocenters. The highest BCUT2D eigenvalue weighted by molar-refractivity contribution is 5.82. The van der Waals surface area contributed by atoms with E-state index in [1.807, 2.05) is 56.0 Å². The summed E-state index contributed by atoms with van der Waals surface area (Å²) in [4.78, 5) is 14.8. The Balaban J connectivity index is 2.32. The number of hydrogen-bond donors (Lipinski definition) is 0. The standard InChI is InChI=1S/C27H34F3NO2/c1-5-33-26(32)23(15-18(2)3)22-16-21(20-12-7-6-8-13-20)17-24(25(22)27(28,29)30)31-14-10-9-11-19(31)4/h6-8,12-13,16-19,23H,5,9-11,14-15H2,1-4H3. The van der Waals surface area contributed by atoms with Crippen LogP contribution in [-0.2, 0) is 15.7 Å². The molecule has 6 heteroatoms. The van der Waals surface area contributed by atoms with Crippen LogP contribution in [0.2, 0.25) is 0 Å². The van der Waals surface area contributed by atoms with E-state index in [1.54, 1.807) is 19.1 Å². The molecule has 0 spiro atoms. The quantitative estimate of drug-likeness (QED) is 0.401. The zero-order chi connectivity index (χ0) is 24.2. The number of benzene rings is 2. The number of alkyl halides is 3. The van der Waals surface area contributed by atoms with E-state index < -0.39 is 23.6 Å². The van der Waals surface area contributed by atoms with E-state index in [0.717, 1.165) is 24.8 Å². The molecule has 0 radical (unpaired) electrons. The smallest absolute Gasteiger partial charge is 0.418 e. The lowest BCUT2D eigenvalue weighted by atomic mass is 9.83. The monoisotopic (exact) mass is 461 g/mol. The van der Waals surface area contributed by atoms with Gasteiger partial charge in [-0.2, -0.15) is 13.2 Å². The number of carbonyl (C=O) groups excluding carboxylic acids is 1. The number of rotatable bonds is 7. The molecular weight excluding hydrogens is 427 g/mol. The first-order valence-electron chi connectivity index (χ1n) is 11.9. The number of anilines is 1. The van der Waals surface area contributed by atoms with Crippen LogP contribution in [0.15, 0.2) is 42.5 Å². The second kappa shape index (κ2) is 10.6. The maximum absolute atomic E-state index is 14.7. The van der Waals surface area contributed by atoms with Gasteiger partial charge in [0.2, 0.25) is 0 Å². The average molecular weight is 462 g/mol. The zero-order valence-electron chi connectivity index (χ0n) is 19.9. The summed E-state index contributed by atoms with van der Waals surface area (Å²) < 4.78 is 49.3. The molecule has 0 saturated carbocycles. The average Bonchev–Trinajstić information content (AvgIpc) is 2.77. The Morgan fingerprint density at radius 3 is 2.39 bits per heavy atom. The van der Waals surface area contributed by atoms with Crippen LogP contribution in [-0.4, -0.2) is 25.2 Å². The number of halogens is 3. The summed E-state index contributed by atoms with van der Waals surface area (Å²) in [6.45, 7) is 8.17. The fourth-order valence-electron chi connectivity index (χ4n) is 4.78. The molecule has 3 rings (SSSR count). The molecular formula is C27H34F3NO2. The molecule has 2 aromatic rings. The molecule has 1 heterocycles. The summed E-state index contributed by atoms with van der Waals surface area (Å²) in [5.41, 5.74) is 0.998. The highest BCUT2D eigenvalue weighted by Gasteiger charge is 2.42. The number of piperidine rings is 1. The van der Waals surface area contributed by atoms with Crippen LogP contribution in [0.1, 0.15) is 70.4 Å². The van der Waals surface area contributed by atoms with Crippen LogP contribution in [0, 0.1) is 5.92 Å². The SMILES string of the molecule is CCOC(=O)C(CC(C)C)c1cc(-c2ccccc2)cc(N2CCCCC2C)c1C(F)(F)F. The molecule has 2 unspecified atom stereocenters. The van der Waals surface area contributed by atoms with Gasteiger partial charge in [-0.25, -0.2) is 0 Å². The minimum absolute atomic E-state index is 0.00938. The molecule has 0 amide bonds. The van der Waals surface area contributed by atoms with Crippen molar-refractivity contribution in [1.29, 1.82) is 0 Å². The molecule has 180 valence electrons. The van der Waals surface area contributed by atoms with Crippen molar-refractivity contribution in [2.45, 2.75) is 71.5 Å². The molecule has 3 nitrogen and oxygen atoms in total. The maximum atomic E-state index is 14.7. The molecule has 33 heavy (non-hydrogen) atoms. The minimum Gasteiger partial charge on any atom is -0.466 e. The van der Waals surface area contributed by atoms with Gasteiger partial charge in [-0.3, -0.25) is 4.79 Å². The number of ether oxygens (including phenoxy) is 1. The van der Waals surface area contributed by atoms with Gasteiger partial charge in [-0.05, 0) is 74.3 Å². The Kier molecular flexibility index (Phi) is 8.09. The highest BCUT2D eigenvalue weighted by atomic mass is 19.4. The summed E-state index contributed by atoms with van der Waals surface area (Å²) in [7, 11) is 0. The van der Waals surface area contributed by atoms with Crippen molar-refractivity contribution < 1.29 is 22.7 Å². The molecule has 1 aliphatic heterocycles. The predicted octanol–water partition coefficient (Wildman–Crippen LogP) is 7.44. The lowest BCUT2D eigenvalue weighted by molar-refractivity contribution is -0.146. The molecule has 1 fully saturated rings. The van der Waals surface area contributed by atoms with E-state index in [1.165, 1.54) is 0 Å². The van der Waals surface area contributed by atoms with E-state index in [9.17, 15) is 18.0 Å². The van der Waals surface area contributed by atoms with Crippen LogP contribution in [0.4, 0.5) is 18.9 Å². The summed E-state index contributed by atoms with van der Waals surface area (Å²) in [6, 6.07) is 12.6. The van der Waals surface area contributed by atoms with Gasteiger partial charge in [-0.15, -0.1) is 0 Å². The van der Waals surface area contributed by atoms with Crippen molar-refractivity contribution in [3.8, 4) is 11.1 Å².